The zero-order valence-corrected chi connectivity index (χ0v) is 15.1. The van der Waals surface area contributed by atoms with Crippen LogP contribution in [0, 0.1) is 5.82 Å². The number of ether oxygens (including phenoxy) is 1. The third kappa shape index (κ3) is 7.33. The summed E-state index contributed by atoms with van der Waals surface area (Å²) in [5.41, 5.74) is 2.12. The molecule has 0 saturated heterocycles. The molecule has 132 valence electrons. The molecule has 0 aliphatic carbocycles. The van der Waals surface area contributed by atoms with Crippen LogP contribution in [0.15, 0.2) is 48.5 Å². The van der Waals surface area contributed by atoms with Crippen molar-refractivity contribution < 1.29 is 9.13 Å². The molecule has 4 heteroatoms. The van der Waals surface area contributed by atoms with Gasteiger partial charge in [-0.3, -0.25) is 0 Å². The van der Waals surface area contributed by atoms with E-state index in [0.717, 1.165) is 30.0 Å². The van der Waals surface area contributed by atoms with E-state index in [-0.39, 0.29) is 18.2 Å². The molecule has 0 aromatic heterocycles. The van der Waals surface area contributed by atoms with E-state index in [9.17, 15) is 4.39 Å². The smallest absolute Gasteiger partial charge is 0.124 e. The molecule has 2 nitrogen and oxygen atoms in total. The van der Waals surface area contributed by atoms with Gasteiger partial charge in [-0.05, 0) is 36.7 Å². The first kappa shape index (κ1) is 20.5. The van der Waals surface area contributed by atoms with Crippen molar-refractivity contribution in [3.8, 4) is 5.75 Å². The first-order chi connectivity index (χ1) is 11.3. The molecular formula is C20H27ClFNO. The molecule has 2 aromatic rings. The van der Waals surface area contributed by atoms with Gasteiger partial charge in [0.1, 0.15) is 18.2 Å². The molecule has 0 radical (unpaired) electrons. The summed E-state index contributed by atoms with van der Waals surface area (Å²) in [5.74, 6) is 0.666. The maximum Gasteiger partial charge on any atom is 0.124 e. The zero-order valence-electron chi connectivity index (χ0n) is 14.3. The maximum atomic E-state index is 12.9. The van der Waals surface area contributed by atoms with E-state index in [1.807, 2.05) is 18.2 Å². The molecule has 0 fully saturated rings. The number of hydrogen-bond acceptors (Lipinski definition) is 2. The van der Waals surface area contributed by atoms with Crippen LogP contribution in [0.25, 0.3) is 0 Å². The number of para-hydroxylation sites is 1. The number of halogens is 2. The van der Waals surface area contributed by atoms with Crippen LogP contribution in [0.5, 0.6) is 5.75 Å². The number of benzene rings is 2. The highest BCUT2D eigenvalue weighted by molar-refractivity contribution is 5.85. The largest absolute Gasteiger partial charge is 0.489 e. The summed E-state index contributed by atoms with van der Waals surface area (Å²) in [4.78, 5) is 0. The fraction of sp³-hybridized carbons (Fsp3) is 0.400. The summed E-state index contributed by atoms with van der Waals surface area (Å²) in [7, 11) is 0. The van der Waals surface area contributed by atoms with E-state index in [2.05, 4.69) is 18.3 Å². The molecule has 0 heterocycles. The minimum Gasteiger partial charge on any atom is -0.489 e. The number of nitrogens with one attached hydrogen (secondary N) is 1. The lowest BCUT2D eigenvalue weighted by Gasteiger charge is -2.12. The molecule has 0 saturated carbocycles. The topological polar surface area (TPSA) is 21.3 Å². The van der Waals surface area contributed by atoms with Gasteiger partial charge in [-0.2, -0.15) is 0 Å². The van der Waals surface area contributed by atoms with Crippen LogP contribution in [-0.4, -0.2) is 6.54 Å². The van der Waals surface area contributed by atoms with Crippen LogP contribution in [0.3, 0.4) is 0 Å². The van der Waals surface area contributed by atoms with E-state index in [4.69, 9.17) is 4.74 Å². The predicted octanol–water partition coefficient (Wildman–Crippen LogP) is 5.50. The number of hydrogen-bond donors (Lipinski definition) is 1. The summed E-state index contributed by atoms with van der Waals surface area (Å²) >= 11 is 0. The Balaban J connectivity index is 0.00000288. The monoisotopic (exact) mass is 351 g/mol. The second-order valence-electron chi connectivity index (χ2n) is 5.76. The quantitative estimate of drug-likeness (QED) is 0.571. The van der Waals surface area contributed by atoms with Gasteiger partial charge in [0, 0.05) is 12.1 Å². The minimum absolute atomic E-state index is 0. The molecule has 0 unspecified atom stereocenters. The first-order valence-corrected chi connectivity index (χ1v) is 8.45. The van der Waals surface area contributed by atoms with Crippen molar-refractivity contribution in [2.45, 2.75) is 45.8 Å². The molecule has 2 aromatic carbocycles. The zero-order chi connectivity index (χ0) is 16.3. The average molecular weight is 352 g/mol. The summed E-state index contributed by atoms with van der Waals surface area (Å²) < 4.78 is 18.8. The highest BCUT2D eigenvalue weighted by Gasteiger charge is 2.03. The van der Waals surface area contributed by atoms with Gasteiger partial charge in [-0.15, -0.1) is 12.4 Å². The van der Waals surface area contributed by atoms with Crippen LogP contribution in [-0.2, 0) is 13.2 Å². The molecule has 0 bridgehead atoms. The Morgan fingerprint density at radius 2 is 1.71 bits per heavy atom. The molecular weight excluding hydrogens is 325 g/mol. The lowest BCUT2D eigenvalue weighted by molar-refractivity contribution is 0.302. The van der Waals surface area contributed by atoms with Crippen molar-refractivity contribution in [3.63, 3.8) is 0 Å². The van der Waals surface area contributed by atoms with Gasteiger partial charge in [0.25, 0.3) is 0 Å². The summed E-state index contributed by atoms with van der Waals surface area (Å²) in [5, 5.41) is 3.48. The van der Waals surface area contributed by atoms with E-state index in [1.54, 1.807) is 12.1 Å². The fourth-order valence-electron chi connectivity index (χ4n) is 2.43. The first-order valence-electron chi connectivity index (χ1n) is 8.45. The van der Waals surface area contributed by atoms with Crippen molar-refractivity contribution >= 4 is 12.4 Å². The van der Waals surface area contributed by atoms with Gasteiger partial charge < -0.3 is 10.1 Å². The molecule has 24 heavy (non-hydrogen) atoms. The van der Waals surface area contributed by atoms with Gasteiger partial charge in [0.05, 0.1) is 0 Å². The van der Waals surface area contributed by atoms with Crippen LogP contribution in [0.4, 0.5) is 4.39 Å². The third-order valence-electron chi connectivity index (χ3n) is 3.80. The van der Waals surface area contributed by atoms with E-state index < -0.39 is 0 Å². The van der Waals surface area contributed by atoms with Gasteiger partial charge >= 0.3 is 0 Å². The molecule has 2 rings (SSSR count). The fourth-order valence-corrected chi connectivity index (χ4v) is 2.43. The predicted molar refractivity (Wildman–Crippen MR) is 100 cm³/mol. The molecule has 0 spiro atoms. The van der Waals surface area contributed by atoms with Crippen LogP contribution in [0.2, 0.25) is 0 Å². The van der Waals surface area contributed by atoms with E-state index >= 15 is 0 Å². The second-order valence-corrected chi connectivity index (χ2v) is 5.76. The van der Waals surface area contributed by atoms with Crippen molar-refractivity contribution in [2.75, 3.05) is 6.54 Å². The normalized spacial score (nSPS) is 10.2. The molecule has 0 amide bonds. The van der Waals surface area contributed by atoms with E-state index in [0.29, 0.717) is 6.61 Å². The standard InChI is InChI=1S/C20H26FNO.ClH/c1-2-3-4-7-14-22-15-18-8-5-6-9-20(18)23-16-17-10-12-19(21)13-11-17;/h5-6,8-13,22H,2-4,7,14-16H2,1H3;1H. The highest BCUT2D eigenvalue weighted by Crippen LogP contribution is 2.19. The van der Waals surface area contributed by atoms with Crippen molar-refractivity contribution in [1.82, 2.24) is 5.32 Å². The van der Waals surface area contributed by atoms with E-state index in [1.165, 1.54) is 37.8 Å². The maximum absolute atomic E-state index is 12.9. The van der Waals surface area contributed by atoms with Gasteiger partial charge in [-0.25, -0.2) is 4.39 Å². The molecule has 0 aliphatic rings. The lowest BCUT2D eigenvalue weighted by atomic mass is 10.2. The summed E-state index contributed by atoms with van der Waals surface area (Å²) in [6.45, 7) is 4.52. The van der Waals surface area contributed by atoms with Crippen molar-refractivity contribution in [3.05, 3.63) is 65.5 Å². The van der Waals surface area contributed by atoms with Gasteiger partial charge in [-0.1, -0.05) is 56.5 Å². The molecule has 0 atom stereocenters. The SMILES string of the molecule is CCCCCCNCc1ccccc1OCc1ccc(F)cc1.Cl. The Morgan fingerprint density at radius 3 is 2.46 bits per heavy atom. The Hall–Kier alpha value is -1.58. The second kappa shape index (κ2) is 11.9. The Kier molecular flexibility index (Phi) is 10.1. The molecule has 0 aliphatic heterocycles. The Labute approximate surface area is 150 Å². The average Bonchev–Trinajstić information content (AvgIpc) is 2.58. The Bertz CT molecular complexity index is 574. The van der Waals surface area contributed by atoms with Crippen LogP contribution < -0.4 is 10.1 Å². The third-order valence-corrected chi connectivity index (χ3v) is 3.80. The van der Waals surface area contributed by atoms with Gasteiger partial charge in [0.2, 0.25) is 0 Å². The van der Waals surface area contributed by atoms with Gasteiger partial charge in [0.15, 0.2) is 0 Å². The minimum atomic E-state index is -0.221. The summed E-state index contributed by atoms with van der Waals surface area (Å²) in [6, 6.07) is 14.5. The summed E-state index contributed by atoms with van der Waals surface area (Å²) in [6.07, 6.45) is 5.07. The number of rotatable bonds is 10. The number of unbranched alkanes of at least 4 members (excludes halogenated alkanes) is 3. The van der Waals surface area contributed by atoms with Crippen LogP contribution in [0.1, 0.15) is 43.7 Å². The highest BCUT2D eigenvalue weighted by atomic mass is 35.5. The van der Waals surface area contributed by atoms with Crippen molar-refractivity contribution in [2.24, 2.45) is 0 Å². The molecule has 1 N–H and O–H groups in total. The lowest BCUT2D eigenvalue weighted by Crippen LogP contribution is -2.15. The van der Waals surface area contributed by atoms with Crippen molar-refractivity contribution in [1.29, 1.82) is 0 Å². The van der Waals surface area contributed by atoms with Crippen LogP contribution >= 0.6 is 12.4 Å². The Morgan fingerprint density at radius 1 is 0.958 bits per heavy atom.